The van der Waals surface area contributed by atoms with Crippen molar-refractivity contribution in [2.45, 2.75) is 92.4 Å². The maximum absolute atomic E-state index is 13.5. The summed E-state index contributed by atoms with van der Waals surface area (Å²) in [7, 11) is 0. The number of amides is 2. The van der Waals surface area contributed by atoms with Crippen LogP contribution in [-0.2, 0) is 43.0 Å². The molecule has 1 rings (SSSR count). The number of hydrogen-bond acceptors (Lipinski definition) is 10. The van der Waals surface area contributed by atoms with Crippen molar-refractivity contribution in [2.24, 2.45) is 29.4 Å². The number of nitrogens with zero attached hydrogens (tertiary/aromatic N) is 1. The molecule has 5 atom stereocenters. The number of carbonyl (C=O) groups excluding carboxylic acids is 7. The summed E-state index contributed by atoms with van der Waals surface area (Å²) in [5.74, 6) is -5.14. The normalized spacial score (nSPS) is 18.1. The Bertz CT molecular complexity index is 963. The van der Waals surface area contributed by atoms with Gasteiger partial charge in [-0.05, 0) is 45.4 Å². The molecule has 12 heteroatoms. The molecular weight excluding hydrogens is 522 g/mol. The summed E-state index contributed by atoms with van der Waals surface area (Å²) < 4.78 is 10.2. The van der Waals surface area contributed by atoms with Crippen LogP contribution in [0, 0.1) is 23.7 Å². The highest BCUT2D eigenvalue weighted by Gasteiger charge is 2.40. The van der Waals surface area contributed by atoms with E-state index in [0.717, 1.165) is 0 Å². The van der Waals surface area contributed by atoms with Gasteiger partial charge < -0.3 is 25.4 Å². The topological polar surface area (TPSA) is 179 Å². The van der Waals surface area contributed by atoms with E-state index in [0.29, 0.717) is 12.8 Å². The number of rotatable bonds is 16. The van der Waals surface area contributed by atoms with Gasteiger partial charge in [0.15, 0.2) is 23.8 Å². The average Bonchev–Trinajstić information content (AvgIpc) is 3.38. The van der Waals surface area contributed by atoms with Crippen LogP contribution in [0.15, 0.2) is 0 Å². The molecule has 0 aromatic heterocycles. The molecule has 0 aromatic carbocycles. The molecular formula is C28H45N3O9. The lowest BCUT2D eigenvalue weighted by Gasteiger charge is -2.30. The molecule has 0 saturated carbocycles. The monoisotopic (exact) mass is 567 g/mol. The standard InChI is InChI=1S/C28H45N3O9/c1-15(2)22(11-20(33)13-29)25(35)30-14-21(34)12-23(16(3)4)26(36)31-10-8-9-24(31)28(38)40-19(7)27(37)39-18(6)17(5)32/h15-16,18-19,22-24H,8-14,29H2,1-7H3,(H,30,35). The number of esters is 2. The number of likely N-dealkylation sites (tertiary alicyclic amines) is 1. The van der Waals surface area contributed by atoms with E-state index in [9.17, 15) is 33.6 Å². The fraction of sp³-hybridized carbons (Fsp3) is 0.750. The van der Waals surface area contributed by atoms with Gasteiger partial charge in [-0.25, -0.2) is 9.59 Å². The van der Waals surface area contributed by atoms with E-state index in [2.05, 4.69) is 5.32 Å². The second kappa shape index (κ2) is 16.2. The van der Waals surface area contributed by atoms with Crippen LogP contribution in [0.3, 0.4) is 0 Å². The lowest BCUT2D eigenvalue weighted by Crippen LogP contribution is -2.47. The van der Waals surface area contributed by atoms with Crippen molar-refractivity contribution in [2.75, 3.05) is 19.6 Å². The average molecular weight is 568 g/mol. The van der Waals surface area contributed by atoms with Crippen LogP contribution in [-0.4, -0.2) is 83.9 Å². The van der Waals surface area contributed by atoms with E-state index in [1.807, 2.05) is 0 Å². The van der Waals surface area contributed by atoms with Crippen LogP contribution in [0.2, 0.25) is 0 Å². The molecule has 0 bridgehead atoms. The highest BCUT2D eigenvalue weighted by Crippen LogP contribution is 2.26. The second-order valence-corrected chi connectivity index (χ2v) is 11.1. The second-order valence-electron chi connectivity index (χ2n) is 11.1. The van der Waals surface area contributed by atoms with Crippen LogP contribution < -0.4 is 11.1 Å². The van der Waals surface area contributed by atoms with E-state index < -0.39 is 47.9 Å². The number of carbonyl (C=O) groups is 7. The van der Waals surface area contributed by atoms with E-state index in [1.165, 1.54) is 25.7 Å². The highest BCUT2D eigenvalue weighted by molar-refractivity contribution is 5.94. The number of Topliss-reactive ketones (excluding diaryl/α,β-unsaturated/α-hetero) is 3. The smallest absolute Gasteiger partial charge is 0.347 e. The first kappa shape index (κ1) is 34.9. The van der Waals surface area contributed by atoms with Crippen molar-refractivity contribution in [3.8, 4) is 0 Å². The molecule has 1 saturated heterocycles. The molecule has 0 spiro atoms. The fourth-order valence-electron chi connectivity index (χ4n) is 4.34. The summed E-state index contributed by atoms with van der Waals surface area (Å²) in [6.07, 6.45) is -1.53. The predicted octanol–water partition coefficient (Wildman–Crippen LogP) is 0.968. The number of nitrogens with one attached hydrogen (secondary N) is 1. The van der Waals surface area contributed by atoms with Crippen molar-refractivity contribution < 1.29 is 43.0 Å². The van der Waals surface area contributed by atoms with Gasteiger partial charge in [-0.3, -0.25) is 24.0 Å². The third-order valence-electron chi connectivity index (χ3n) is 7.14. The minimum absolute atomic E-state index is 0.0141. The van der Waals surface area contributed by atoms with Gasteiger partial charge in [0.25, 0.3) is 0 Å². The first-order valence-corrected chi connectivity index (χ1v) is 13.8. The Labute approximate surface area is 236 Å². The van der Waals surface area contributed by atoms with Crippen molar-refractivity contribution >= 4 is 41.1 Å². The molecule has 5 unspecified atom stereocenters. The number of hydrogen-bond donors (Lipinski definition) is 2. The number of ether oxygens (including phenoxy) is 2. The maximum Gasteiger partial charge on any atom is 0.347 e. The van der Waals surface area contributed by atoms with Gasteiger partial charge in [-0.2, -0.15) is 0 Å². The Morgan fingerprint density at radius 2 is 1.43 bits per heavy atom. The van der Waals surface area contributed by atoms with Gasteiger partial charge in [-0.1, -0.05) is 27.7 Å². The highest BCUT2D eigenvalue weighted by atomic mass is 16.6. The molecule has 1 aliphatic rings. The van der Waals surface area contributed by atoms with E-state index >= 15 is 0 Å². The van der Waals surface area contributed by atoms with Gasteiger partial charge in [0, 0.05) is 31.2 Å². The van der Waals surface area contributed by atoms with Crippen LogP contribution in [0.1, 0.15) is 74.1 Å². The molecule has 1 heterocycles. The Morgan fingerprint density at radius 3 is 1.95 bits per heavy atom. The molecule has 40 heavy (non-hydrogen) atoms. The van der Waals surface area contributed by atoms with Gasteiger partial charge >= 0.3 is 11.9 Å². The maximum atomic E-state index is 13.5. The summed E-state index contributed by atoms with van der Waals surface area (Å²) in [4.78, 5) is 88.4. The van der Waals surface area contributed by atoms with E-state index in [-0.39, 0.29) is 67.6 Å². The van der Waals surface area contributed by atoms with Crippen molar-refractivity contribution in [1.29, 1.82) is 0 Å². The van der Waals surface area contributed by atoms with Crippen molar-refractivity contribution in [1.82, 2.24) is 10.2 Å². The quantitative estimate of drug-likeness (QED) is 0.255. The zero-order chi connectivity index (χ0) is 30.7. The minimum atomic E-state index is -1.27. The Morgan fingerprint density at radius 1 is 0.850 bits per heavy atom. The van der Waals surface area contributed by atoms with E-state index in [4.69, 9.17) is 15.2 Å². The van der Waals surface area contributed by atoms with Gasteiger partial charge in [-0.15, -0.1) is 0 Å². The summed E-state index contributed by atoms with van der Waals surface area (Å²) in [6.45, 7) is 11.0. The molecule has 1 fully saturated rings. The summed E-state index contributed by atoms with van der Waals surface area (Å²) in [5.41, 5.74) is 5.37. The number of ketones is 3. The fourth-order valence-corrected chi connectivity index (χ4v) is 4.34. The zero-order valence-electron chi connectivity index (χ0n) is 24.7. The third kappa shape index (κ3) is 10.4. The molecule has 3 N–H and O–H groups in total. The molecule has 2 amide bonds. The largest absolute Gasteiger partial charge is 0.452 e. The molecule has 226 valence electrons. The van der Waals surface area contributed by atoms with Crippen LogP contribution >= 0.6 is 0 Å². The summed E-state index contributed by atoms with van der Waals surface area (Å²) in [6, 6.07) is -0.920. The van der Waals surface area contributed by atoms with Gasteiger partial charge in [0.2, 0.25) is 11.8 Å². The van der Waals surface area contributed by atoms with Gasteiger partial charge in [0.05, 0.1) is 13.1 Å². The molecule has 0 aromatic rings. The first-order chi connectivity index (χ1) is 18.6. The lowest BCUT2D eigenvalue weighted by atomic mass is 9.88. The van der Waals surface area contributed by atoms with Crippen molar-refractivity contribution in [3.63, 3.8) is 0 Å². The third-order valence-corrected chi connectivity index (χ3v) is 7.14. The van der Waals surface area contributed by atoms with Crippen LogP contribution in [0.5, 0.6) is 0 Å². The summed E-state index contributed by atoms with van der Waals surface area (Å²) >= 11 is 0. The predicted molar refractivity (Wildman–Crippen MR) is 144 cm³/mol. The van der Waals surface area contributed by atoms with Crippen LogP contribution in [0.25, 0.3) is 0 Å². The Hall–Kier alpha value is -3.15. The van der Waals surface area contributed by atoms with Gasteiger partial charge in [0.1, 0.15) is 11.8 Å². The SMILES string of the molecule is CC(=O)C(C)OC(=O)C(C)OC(=O)C1CCCN1C(=O)C(CC(=O)CNC(=O)C(CC(=O)CN)C(C)C)C(C)C. The Kier molecular flexibility index (Phi) is 14.1. The summed E-state index contributed by atoms with van der Waals surface area (Å²) in [5, 5.41) is 2.58. The molecule has 0 radical (unpaired) electrons. The molecule has 0 aliphatic carbocycles. The Balaban J connectivity index is 2.82. The minimum Gasteiger partial charge on any atom is -0.452 e. The van der Waals surface area contributed by atoms with Crippen molar-refractivity contribution in [3.05, 3.63) is 0 Å². The first-order valence-electron chi connectivity index (χ1n) is 13.8. The number of nitrogens with two attached hydrogens (primary N) is 1. The molecule has 1 aliphatic heterocycles. The molecule has 12 nitrogen and oxygen atoms in total. The lowest BCUT2D eigenvalue weighted by molar-refractivity contribution is -0.174. The van der Waals surface area contributed by atoms with Crippen LogP contribution in [0.4, 0.5) is 0 Å². The zero-order valence-corrected chi connectivity index (χ0v) is 24.7. The van der Waals surface area contributed by atoms with E-state index in [1.54, 1.807) is 27.7 Å².